The van der Waals surface area contributed by atoms with Gasteiger partial charge in [0.2, 0.25) is 0 Å². The fraction of sp³-hybridized carbons (Fsp3) is 0.733. The Hall–Kier alpha value is -0.870. The van der Waals surface area contributed by atoms with Crippen molar-refractivity contribution in [2.45, 2.75) is 32.7 Å². The molecule has 0 fully saturated rings. The largest absolute Gasteiger partial charge is 0.382 e. The number of aliphatic imine (C=N–C) groups is 1. The maximum Gasteiger partial charge on any atom is 0.191 e. The van der Waals surface area contributed by atoms with Crippen LogP contribution in [0.15, 0.2) is 15.6 Å². The van der Waals surface area contributed by atoms with Crippen molar-refractivity contribution in [1.82, 2.24) is 15.8 Å². The summed E-state index contributed by atoms with van der Waals surface area (Å²) in [6, 6.07) is 1.97. The van der Waals surface area contributed by atoms with Gasteiger partial charge in [0, 0.05) is 33.4 Å². The predicted octanol–water partition coefficient (Wildman–Crippen LogP) is 2.13. The first-order valence-corrected chi connectivity index (χ1v) is 7.64. The summed E-state index contributed by atoms with van der Waals surface area (Å²) in [5.74, 6) is 1.90. The summed E-state index contributed by atoms with van der Waals surface area (Å²) in [6.07, 6.45) is 0.907. The molecule has 8 heteroatoms. The van der Waals surface area contributed by atoms with Crippen molar-refractivity contribution < 1.29 is 14.0 Å². The molecule has 7 nitrogen and oxygen atoms in total. The van der Waals surface area contributed by atoms with Crippen LogP contribution in [0.1, 0.15) is 37.6 Å². The van der Waals surface area contributed by atoms with Crippen LogP contribution in [0.25, 0.3) is 0 Å². The van der Waals surface area contributed by atoms with Gasteiger partial charge in [0.05, 0.1) is 25.5 Å². The molecule has 0 aromatic carbocycles. The van der Waals surface area contributed by atoms with Gasteiger partial charge in [-0.15, -0.1) is 24.0 Å². The van der Waals surface area contributed by atoms with Gasteiger partial charge < -0.3 is 24.6 Å². The number of aromatic nitrogens is 1. The van der Waals surface area contributed by atoms with Gasteiger partial charge in [0.15, 0.2) is 11.7 Å². The number of methoxy groups -OCH3 is 1. The highest BCUT2D eigenvalue weighted by molar-refractivity contribution is 14.0. The minimum Gasteiger partial charge on any atom is -0.382 e. The van der Waals surface area contributed by atoms with Gasteiger partial charge in [-0.2, -0.15) is 0 Å². The van der Waals surface area contributed by atoms with Crippen molar-refractivity contribution in [1.29, 1.82) is 0 Å². The fourth-order valence-corrected chi connectivity index (χ4v) is 1.70. The van der Waals surface area contributed by atoms with Crippen LogP contribution < -0.4 is 10.6 Å². The smallest absolute Gasteiger partial charge is 0.191 e. The molecule has 0 unspecified atom stereocenters. The molecule has 0 aliphatic rings. The van der Waals surface area contributed by atoms with E-state index in [0.29, 0.717) is 32.3 Å². The highest BCUT2D eigenvalue weighted by atomic mass is 127. The Labute approximate surface area is 155 Å². The second kappa shape index (κ2) is 13.6. The molecule has 0 bridgehead atoms. The quantitative estimate of drug-likeness (QED) is 0.251. The lowest BCUT2D eigenvalue weighted by atomic mass is 10.1. The highest BCUT2D eigenvalue weighted by Crippen LogP contribution is 2.13. The van der Waals surface area contributed by atoms with Crippen molar-refractivity contribution in [3.8, 4) is 0 Å². The maximum absolute atomic E-state index is 5.40. The summed E-state index contributed by atoms with van der Waals surface area (Å²) in [6.45, 7) is 7.49. The van der Waals surface area contributed by atoms with E-state index in [1.165, 1.54) is 0 Å². The molecular weight excluding hydrogens is 411 g/mol. The summed E-state index contributed by atoms with van der Waals surface area (Å²) in [4.78, 5) is 4.16. The monoisotopic (exact) mass is 440 g/mol. The summed E-state index contributed by atoms with van der Waals surface area (Å²) in [7, 11) is 3.41. The maximum atomic E-state index is 5.40. The molecular formula is C15H29IN4O3. The molecule has 0 saturated heterocycles. The third-order valence-electron chi connectivity index (χ3n) is 3.01. The molecule has 23 heavy (non-hydrogen) atoms. The molecule has 2 N–H and O–H groups in total. The van der Waals surface area contributed by atoms with Crippen LogP contribution in [0.4, 0.5) is 0 Å². The summed E-state index contributed by atoms with van der Waals surface area (Å²) < 4.78 is 15.6. The third-order valence-corrected chi connectivity index (χ3v) is 3.01. The average molecular weight is 440 g/mol. The zero-order chi connectivity index (χ0) is 16.2. The lowest BCUT2D eigenvalue weighted by molar-refractivity contribution is 0.0698. The first kappa shape index (κ1) is 22.1. The van der Waals surface area contributed by atoms with Crippen LogP contribution >= 0.6 is 24.0 Å². The van der Waals surface area contributed by atoms with E-state index in [-0.39, 0.29) is 24.0 Å². The van der Waals surface area contributed by atoms with Crippen molar-refractivity contribution >= 4 is 29.9 Å². The number of ether oxygens (including phenoxy) is 2. The number of nitrogens with one attached hydrogen (secondary N) is 2. The van der Waals surface area contributed by atoms with E-state index in [4.69, 9.17) is 14.0 Å². The average Bonchev–Trinajstić information content (AvgIpc) is 2.98. The van der Waals surface area contributed by atoms with Gasteiger partial charge in [-0.3, -0.25) is 4.99 Å². The van der Waals surface area contributed by atoms with Crippen LogP contribution in [0.2, 0.25) is 0 Å². The lowest BCUT2D eigenvalue weighted by Gasteiger charge is -2.10. The Balaban J connectivity index is 0.00000484. The fourth-order valence-electron chi connectivity index (χ4n) is 1.70. The lowest BCUT2D eigenvalue weighted by Crippen LogP contribution is -2.37. The van der Waals surface area contributed by atoms with Crippen molar-refractivity contribution in [3.63, 3.8) is 0 Å². The van der Waals surface area contributed by atoms with Crippen molar-refractivity contribution in [3.05, 3.63) is 17.5 Å². The van der Waals surface area contributed by atoms with E-state index in [1.54, 1.807) is 14.2 Å². The number of rotatable bonds is 10. The second-order valence-corrected chi connectivity index (χ2v) is 5.18. The SMILES string of the molecule is CN=C(NCCCOCCOC)NCc1cc(C(C)C)no1.I. The van der Waals surface area contributed by atoms with E-state index < -0.39 is 0 Å². The molecule has 0 aliphatic heterocycles. The zero-order valence-electron chi connectivity index (χ0n) is 14.4. The Kier molecular flexibility index (Phi) is 13.0. The zero-order valence-corrected chi connectivity index (χ0v) is 16.8. The first-order chi connectivity index (χ1) is 10.7. The standard InChI is InChI=1S/C15H28N4O3.HI/c1-12(2)14-10-13(22-19-14)11-18-15(16-3)17-6-5-7-21-9-8-20-4;/h10,12H,5-9,11H2,1-4H3,(H2,16,17,18);1H. The molecule has 0 atom stereocenters. The molecule has 1 aromatic rings. The molecule has 0 radical (unpaired) electrons. The minimum atomic E-state index is 0. The Morgan fingerprint density at radius 2 is 2.09 bits per heavy atom. The molecule has 1 aromatic heterocycles. The Morgan fingerprint density at radius 3 is 2.70 bits per heavy atom. The van der Waals surface area contributed by atoms with Gasteiger partial charge in [0.1, 0.15) is 0 Å². The summed E-state index contributed by atoms with van der Waals surface area (Å²) in [5.41, 5.74) is 0.966. The van der Waals surface area contributed by atoms with Gasteiger partial charge in [-0.25, -0.2) is 0 Å². The summed E-state index contributed by atoms with van der Waals surface area (Å²) >= 11 is 0. The minimum absolute atomic E-state index is 0. The van der Waals surface area contributed by atoms with Crippen molar-refractivity contribution in [2.24, 2.45) is 4.99 Å². The normalized spacial score (nSPS) is 11.4. The van der Waals surface area contributed by atoms with Gasteiger partial charge in [-0.05, 0) is 12.3 Å². The topological polar surface area (TPSA) is 80.9 Å². The van der Waals surface area contributed by atoms with Crippen LogP contribution in [0, 0.1) is 0 Å². The van der Waals surface area contributed by atoms with E-state index in [2.05, 4.69) is 34.6 Å². The molecule has 0 aliphatic carbocycles. The number of hydrogen-bond donors (Lipinski definition) is 2. The molecule has 1 heterocycles. The van der Waals surface area contributed by atoms with E-state index in [1.807, 2.05) is 6.07 Å². The molecule has 0 spiro atoms. The third kappa shape index (κ3) is 9.77. The van der Waals surface area contributed by atoms with Crippen LogP contribution in [-0.2, 0) is 16.0 Å². The van der Waals surface area contributed by atoms with Crippen LogP contribution in [-0.4, -0.2) is 51.6 Å². The molecule has 0 saturated carbocycles. The van der Waals surface area contributed by atoms with E-state index >= 15 is 0 Å². The predicted molar refractivity (Wildman–Crippen MR) is 102 cm³/mol. The number of hydrogen-bond acceptors (Lipinski definition) is 5. The van der Waals surface area contributed by atoms with Gasteiger partial charge in [0.25, 0.3) is 0 Å². The first-order valence-electron chi connectivity index (χ1n) is 7.64. The van der Waals surface area contributed by atoms with Crippen LogP contribution in [0.5, 0.6) is 0 Å². The summed E-state index contributed by atoms with van der Waals surface area (Å²) in [5, 5.41) is 10.4. The Bertz CT molecular complexity index is 438. The van der Waals surface area contributed by atoms with E-state index in [0.717, 1.165) is 30.4 Å². The van der Waals surface area contributed by atoms with Gasteiger partial charge in [-0.1, -0.05) is 19.0 Å². The van der Waals surface area contributed by atoms with Crippen molar-refractivity contribution in [2.75, 3.05) is 40.5 Å². The molecule has 1 rings (SSSR count). The van der Waals surface area contributed by atoms with Crippen LogP contribution in [0.3, 0.4) is 0 Å². The number of nitrogens with zero attached hydrogens (tertiary/aromatic N) is 2. The highest BCUT2D eigenvalue weighted by Gasteiger charge is 2.07. The van der Waals surface area contributed by atoms with E-state index in [9.17, 15) is 0 Å². The van der Waals surface area contributed by atoms with Gasteiger partial charge >= 0.3 is 0 Å². The number of guanidine groups is 1. The number of halogens is 1. The molecule has 134 valence electrons. The second-order valence-electron chi connectivity index (χ2n) is 5.18. The molecule has 0 amide bonds. The Morgan fingerprint density at radius 1 is 1.30 bits per heavy atom.